The van der Waals surface area contributed by atoms with Crippen LogP contribution in [0.15, 0.2) is 36.0 Å². The van der Waals surface area contributed by atoms with Gasteiger partial charge in [-0.2, -0.15) is 0 Å². The van der Waals surface area contributed by atoms with Crippen molar-refractivity contribution in [3.8, 4) is 0 Å². The molecule has 2 rings (SSSR count). The van der Waals surface area contributed by atoms with E-state index in [1.807, 2.05) is 14.1 Å². The molecule has 1 aliphatic carbocycles. The molecule has 1 atom stereocenters. The van der Waals surface area contributed by atoms with Crippen molar-refractivity contribution in [3.05, 3.63) is 41.6 Å². The number of carbonyl (C=O) groups excluding carboxylic acids is 1. The van der Waals surface area contributed by atoms with E-state index < -0.39 is 0 Å². The third-order valence-electron chi connectivity index (χ3n) is 3.16. The van der Waals surface area contributed by atoms with Crippen molar-refractivity contribution in [3.63, 3.8) is 0 Å². The van der Waals surface area contributed by atoms with Gasteiger partial charge in [0.25, 0.3) is 0 Å². The lowest BCUT2D eigenvalue weighted by atomic mass is 9.85. The van der Waals surface area contributed by atoms with E-state index in [1.54, 1.807) is 6.08 Å². The predicted octanol–water partition coefficient (Wildman–Crippen LogP) is 2.04. The number of hydrogen-bond acceptors (Lipinski definition) is 3. The fraction of sp³-hybridized carbons (Fsp3) is 0.357. The number of benzene rings is 1. The van der Waals surface area contributed by atoms with Crippen LogP contribution in [0.1, 0.15) is 24.3 Å². The second-order valence-electron chi connectivity index (χ2n) is 4.78. The average molecular weight is 230 g/mol. The van der Waals surface area contributed by atoms with Gasteiger partial charge in [-0.05, 0) is 36.1 Å². The van der Waals surface area contributed by atoms with Crippen molar-refractivity contribution < 1.29 is 4.79 Å². The van der Waals surface area contributed by atoms with Gasteiger partial charge in [0.2, 0.25) is 0 Å². The summed E-state index contributed by atoms with van der Waals surface area (Å²) in [6.07, 6.45) is 2.92. The summed E-state index contributed by atoms with van der Waals surface area (Å²) in [5.41, 5.74) is 8.82. The van der Waals surface area contributed by atoms with Gasteiger partial charge in [0.05, 0.1) is 0 Å². The number of nitrogens with zero attached hydrogens (tertiary/aromatic N) is 1. The molecule has 0 saturated heterocycles. The largest absolute Gasteiger partial charge is 0.402 e. The maximum Gasteiger partial charge on any atom is 0.158 e. The zero-order valence-corrected chi connectivity index (χ0v) is 10.3. The van der Waals surface area contributed by atoms with Gasteiger partial charge in [-0.25, -0.2) is 0 Å². The Balaban J connectivity index is 2.18. The summed E-state index contributed by atoms with van der Waals surface area (Å²) in [4.78, 5) is 13.5. The van der Waals surface area contributed by atoms with E-state index in [-0.39, 0.29) is 11.7 Å². The molecular weight excluding hydrogens is 212 g/mol. The van der Waals surface area contributed by atoms with Crippen LogP contribution in [0.3, 0.4) is 0 Å². The van der Waals surface area contributed by atoms with Crippen molar-refractivity contribution in [1.82, 2.24) is 0 Å². The normalized spacial score (nSPS) is 20.0. The molecule has 0 heterocycles. The Hall–Kier alpha value is -1.77. The molecule has 1 aromatic rings. The smallest absolute Gasteiger partial charge is 0.158 e. The second kappa shape index (κ2) is 4.62. The molecule has 3 nitrogen and oxygen atoms in total. The zero-order chi connectivity index (χ0) is 12.4. The van der Waals surface area contributed by atoms with Gasteiger partial charge < -0.3 is 10.6 Å². The number of nitrogens with two attached hydrogens (primary N) is 1. The van der Waals surface area contributed by atoms with Crippen LogP contribution in [0.2, 0.25) is 0 Å². The van der Waals surface area contributed by atoms with E-state index >= 15 is 0 Å². The van der Waals surface area contributed by atoms with Gasteiger partial charge >= 0.3 is 0 Å². The average Bonchev–Trinajstić information content (AvgIpc) is 2.28. The summed E-state index contributed by atoms with van der Waals surface area (Å²) >= 11 is 0. The summed E-state index contributed by atoms with van der Waals surface area (Å²) in [5.74, 6) is 0.374. The molecule has 0 aliphatic heterocycles. The molecule has 1 aromatic carbocycles. The first kappa shape index (κ1) is 11.7. The van der Waals surface area contributed by atoms with Crippen molar-refractivity contribution in [2.24, 2.45) is 5.73 Å². The molecule has 0 bridgehead atoms. The molecule has 3 heteroatoms. The monoisotopic (exact) mass is 230 g/mol. The summed E-state index contributed by atoms with van der Waals surface area (Å²) < 4.78 is 0. The first-order chi connectivity index (χ1) is 8.06. The third kappa shape index (κ3) is 2.67. The van der Waals surface area contributed by atoms with Crippen LogP contribution in [0, 0.1) is 0 Å². The number of allylic oxidation sites excluding steroid dienone is 2. The Morgan fingerprint density at radius 2 is 1.82 bits per heavy atom. The molecule has 90 valence electrons. The van der Waals surface area contributed by atoms with Crippen molar-refractivity contribution in [1.29, 1.82) is 0 Å². The SMILES string of the molecule is CN(C)c1ccc(C2CC(=O)C=C(N)C2)cc1. The second-order valence-corrected chi connectivity index (χ2v) is 4.78. The Morgan fingerprint density at radius 1 is 1.18 bits per heavy atom. The van der Waals surface area contributed by atoms with E-state index in [1.165, 1.54) is 11.3 Å². The van der Waals surface area contributed by atoms with Gasteiger partial charge in [-0.15, -0.1) is 0 Å². The maximum absolute atomic E-state index is 11.5. The van der Waals surface area contributed by atoms with Crippen LogP contribution in [0.5, 0.6) is 0 Å². The highest BCUT2D eigenvalue weighted by Crippen LogP contribution is 2.30. The standard InChI is InChI=1S/C14H18N2O/c1-16(2)13-5-3-10(4-6-13)11-7-12(15)9-14(17)8-11/h3-6,9,11H,7-8,15H2,1-2H3. The molecule has 17 heavy (non-hydrogen) atoms. The first-order valence-corrected chi connectivity index (χ1v) is 5.82. The highest BCUT2D eigenvalue weighted by molar-refractivity contribution is 5.91. The Kier molecular flexibility index (Phi) is 3.18. The molecular formula is C14H18N2O. The van der Waals surface area contributed by atoms with Gasteiger partial charge in [0, 0.05) is 31.9 Å². The zero-order valence-electron chi connectivity index (χ0n) is 10.3. The van der Waals surface area contributed by atoms with Crippen molar-refractivity contribution >= 4 is 11.5 Å². The molecule has 0 fully saturated rings. The molecule has 2 N–H and O–H groups in total. The highest BCUT2D eigenvalue weighted by Gasteiger charge is 2.20. The van der Waals surface area contributed by atoms with Gasteiger partial charge in [-0.3, -0.25) is 4.79 Å². The summed E-state index contributed by atoms with van der Waals surface area (Å²) in [7, 11) is 4.03. The van der Waals surface area contributed by atoms with E-state index in [4.69, 9.17) is 5.73 Å². The number of anilines is 1. The minimum Gasteiger partial charge on any atom is -0.402 e. The van der Waals surface area contributed by atoms with Crippen LogP contribution in [0.4, 0.5) is 5.69 Å². The topological polar surface area (TPSA) is 46.3 Å². The molecule has 0 aromatic heterocycles. The quantitative estimate of drug-likeness (QED) is 0.845. The molecule has 0 spiro atoms. The molecule has 0 radical (unpaired) electrons. The van der Waals surface area contributed by atoms with Crippen LogP contribution in [-0.4, -0.2) is 19.9 Å². The lowest BCUT2D eigenvalue weighted by Gasteiger charge is -2.21. The van der Waals surface area contributed by atoms with Crippen molar-refractivity contribution in [2.75, 3.05) is 19.0 Å². The van der Waals surface area contributed by atoms with Crippen LogP contribution in [0.25, 0.3) is 0 Å². The molecule has 0 amide bonds. The van der Waals surface area contributed by atoms with E-state index in [0.29, 0.717) is 12.1 Å². The predicted molar refractivity (Wildman–Crippen MR) is 70.0 cm³/mol. The summed E-state index contributed by atoms with van der Waals surface area (Å²) in [6, 6.07) is 8.33. The van der Waals surface area contributed by atoms with Crippen LogP contribution in [-0.2, 0) is 4.79 Å². The fourth-order valence-corrected chi connectivity index (χ4v) is 2.20. The highest BCUT2D eigenvalue weighted by atomic mass is 16.1. The maximum atomic E-state index is 11.5. The number of hydrogen-bond donors (Lipinski definition) is 1. The van der Waals surface area contributed by atoms with E-state index in [2.05, 4.69) is 29.2 Å². The third-order valence-corrected chi connectivity index (χ3v) is 3.16. The number of rotatable bonds is 2. The summed E-state index contributed by atoms with van der Waals surface area (Å²) in [5, 5.41) is 0. The van der Waals surface area contributed by atoms with E-state index in [0.717, 1.165) is 6.42 Å². The molecule has 0 saturated carbocycles. The van der Waals surface area contributed by atoms with Gasteiger partial charge in [0.15, 0.2) is 5.78 Å². The number of ketones is 1. The number of carbonyl (C=O) groups is 1. The lowest BCUT2D eigenvalue weighted by Crippen LogP contribution is -2.16. The molecule has 1 unspecified atom stereocenters. The lowest BCUT2D eigenvalue weighted by molar-refractivity contribution is -0.115. The van der Waals surface area contributed by atoms with Crippen molar-refractivity contribution in [2.45, 2.75) is 18.8 Å². The molecule has 1 aliphatic rings. The Labute approximate surface area is 102 Å². The summed E-state index contributed by atoms with van der Waals surface area (Å²) in [6.45, 7) is 0. The van der Waals surface area contributed by atoms with Crippen LogP contribution >= 0.6 is 0 Å². The van der Waals surface area contributed by atoms with Gasteiger partial charge in [0.1, 0.15) is 0 Å². The minimum atomic E-state index is 0.135. The first-order valence-electron chi connectivity index (χ1n) is 5.82. The van der Waals surface area contributed by atoms with E-state index in [9.17, 15) is 4.79 Å². The Morgan fingerprint density at radius 3 is 2.35 bits per heavy atom. The fourth-order valence-electron chi connectivity index (χ4n) is 2.20. The minimum absolute atomic E-state index is 0.135. The van der Waals surface area contributed by atoms with Gasteiger partial charge in [-0.1, -0.05) is 12.1 Å². The van der Waals surface area contributed by atoms with Crippen LogP contribution < -0.4 is 10.6 Å². The Bertz CT molecular complexity index is 446.